The van der Waals surface area contributed by atoms with Crippen LogP contribution in [0.3, 0.4) is 0 Å². The Kier molecular flexibility index (Phi) is 8.33. The summed E-state index contributed by atoms with van der Waals surface area (Å²) in [4.78, 5) is 55.9. The van der Waals surface area contributed by atoms with Crippen LogP contribution in [0.15, 0.2) is 82.7 Å². The number of nitrogens with zero attached hydrogens (tertiary/aromatic N) is 4. The van der Waals surface area contributed by atoms with E-state index in [0.29, 0.717) is 24.1 Å². The van der Waals surface area contributed by atoms with Crippen LogP contribution >= 0.6 is 0 Å². The maximum atomic E-state index is 13.2. The minimum absolute atomic E-state index is 0.152. The van der Waals surface area contributed by atoms with E-state index in [9.17, 15) is 24.5 Å². The number of carbonyl (C=O) groups is 2. The van der Waals surface area contributed by atoms with Crippen LogP contribution in [0, 0.1) is 16.0 Å². The lowest BCUT2D eigenvalue weighted by Gasteiger charge is -2.38. The molecule has 0 radical (unpaired) electrons. The van der Waals surface area contributed by atoms with Crippen molar-refractivity contribution in [3.63, 3.8) is 0 Å². The van der Waals surface area contributed by atoms with Gasteiger partial charge < -0.3 is 14.2 Å². The van der Waals surface area contributed by atoms with Gasteiger partial charge in [0.05, 0.1) is 17.1 Å². The van der Waals surface area contributed by atoms with Crippen LogP contribution in [-0.4, -0.2) is 44.8 Å². The predicted octanol–water partition coefficient (Wildman–Crippen LogP) is 5.02. The number of aliphatic imine (C=N–C) groups is 1. The van der Waals surface area contributed by atoms with Crippen LogP contribution in [0.25, 0.3) is 11.1 Å². The van der Waals surface area contributed by atoms with Crippen LogP contribution < -0.4 is 5.56 Å². The van der Waals surface area contributed by atoms with Crippen molar-refractivity contribution in [2.45, 2.75) is 45.9 Å². The van der Waals surface area contributed by atoms with Crippen LogP contribution in [-0.2, 0) is 16.1 Å². The summed E-state index contributed by atoms with van der Waals surface area (Å²) in [5.41, 5.74) is 1.78. The first-order valence-corrected chi connectivity index (χ1v) is 12.7. The maximum Gasteiger partial charge on any atom is 0.344 e. The van der Waals surface area contributed by atoms with Gasteiger partial charge >= 0.3 is 12.0 Å². The SMILES string of the molecule is CC1=NC(=O)N(CCCn2cccc(-c3ccccc3)c2=O)C(c2cccc([N+](=O)[O-])c2)C1C(=O)OC(C)C. The van der Waals surface area contributed by atoms with E-state index in [1.165, 1.54) is 23.1 Å². The molecule has 0 spiro atoms. The Morgan fingerprint density at radius 3 is 2.49 bits per heavy atom. The molecule has 2 aromatic carbocycles. The highest BCUT2D eigenvalue weighted by Crippen LogP contribution is 2.36. The summed E-state index contributed by atoms with van der Waals surface area (Å²) < 4.78 is 7.06. The summed E-state index contributed by atoms with van der Waals surface area (Å²) in [7, 11) is 0. The van der Waals surface area contributed by atoms with E-state index in [2.05, 4.69) is 4.99 Å². The number of aryl methyl sites for hydroxylation is 1. The minimum Gasteiger partial charge on any atom is -0.462 e. The molecule has 0 N–H and O–H groups in total. The molecule has 3 aromatic rings. The predicted molar refractivity (Wildman–Crippen MR) is 147 cm³/mol. The number of rotatable bonds is 9. The van der Waals surface area contributed by atoms with Gasteiger partial charge in [-0.15, -0.1) is 0 Å². The molecule has 0 saturated heterocycles. The third kappa shape index (κ3) is 6.11. The number of pyridine rings is 1. The van der Waals surface area contributed by atoms with Gasteiger partial charge in [-0.2, -0.15) is 0 Å². The fourth-order valence-electron chi connectivity index (χ4n) is 4.81. The molecule has 0 aliphatic carbocycles. The number of ether oxygens (including phenoxy) is 1. The number of hydrogen-bond acceptors (Lipinski definition) is 6. The Morgan fingerprint density at radius 1 is 1.05 bits per heavy atom. The number of non-ortho nitro benzene ring substituents is 1. The highest BCUT2D eigenvalue weighted by Gasteiger charge is 2.43. The average Bonchev–Trinajstić information content (AvgIpc) is 2.90. The Morgan fingerprint density at radius 2 is 1.79 bits per heavy atom. The summed E-state index contributed by atoms with van der Waals surface area (Å²) in [6, 6.07) is 17.4. The molecule has 1 aromatic heterocycles. The highest BCUT2D eigenvalue weighted by atomic mass is 16.6. The molecule has 202 valence electrons. The number of amides is 2. The van der Waals surface area contributed by atoms with Crippen LogP contribution in [0.4, 0.5) is 10.5 Å². The second kappa shape index (κ2) is 11.8. The first-order valence-electron chi connectivity index (χ1n) is 12.7. The molecule has 2 atom stereocenters. The van der Waals surface area contributed by atoms with Gasteiger partial charge in [0.15, 0.2) is 0 Å². The molecule has 4 rings (SSSR count). The van der Waals surface area contributed by atoms with Crippen molar-refractivity contribution >= 4 is 23.4 Å². The van der Waals surface area contributed by atoms with Crippen LogP contribution in [0.5, 0.6) is 0 Å². The van der Waals surface area contributed by atoms with Gasteiger partial charge in [-0.05, 0) is 50.5 Å². The minimum atomic E-state index is -0.934. The van der Waals surface area contributed by atoms with Gasteiger partial charge in [0.1, 0.15) is 5.92 Å². The molecule has 2 unspecified atom stereocenters. The van der Waals surface area contributed by atoms with Crippen molar-refractivity contribution in [2.24, 2.45) is 10.9 Å². The Hall–Kier alpha value is -4.60. The van der Waals surface area contributed by atoms with Crippen molar-refractivity contribution < 1.29 is 19.2 Å². The fraction of sp³-hybridized carbons (Fsp3) is 0.310. The van der Waals surface area contributed by atoms with Crippen LogP contribution in [0.2, 0.25) is 0 Å². The summed E-state index contributed by atoms with van der Waals surface area (Å²) in [6.45, 7) is 5.51. The lowest BCUT2D eigenvalue weighted by molar-refractivity contribution is -0.385. The summed E-state index contributed by atoms with van der Waals surface area (Å²) in [5.74, 6) is -1.50. The summed E-state index contributed by atoms with van der Waals surface area (Å²) in [6.07, 6.45) is 1.68. The van der Waals surface area contributed by atoms with Gasteiger partial charge in [0.25, 0.3) is 11.2 Å². The molecule has 1 aliphatic heterocycles. The van der Waals surface area contributed by atoms with Crippen LogP contribution in [0.1, 0.15) is 38.8 Å². The quantitative estimate of drug-likeness (QED) is 0.217. The van der Waals surface area contributed by atoms with Crippen molar-refractivity contribution in [3.8, 4) is 11.1 Å². The maximum absolute atomic E-state index is 13.2. The monoisotopic (exact) mass is 530 g/mol. The number of nitro groups is 1. The number of nitro benzene ring substituents is 1. The van der Waals surface area contributed by atoms with E-state index < -0.39 is 35.0 Å². The van der Waals surface area contributed by atoms with E-state index >= 15 is 0 Å². The first kappa shape index (κ1) is 27.4. The standard InChI is InChI=1S/C29H30N4O6/c1-19(2)39-28(35)25-20(3)30-29(36)32(26(25)22-12-7-13-23(18-22)33(37)38)17-9-16-31-15-8-14-24(27(31)34)21-10-5-4-6-11-21/h4-8,10-15,18-19,25-26H,9,16-17H2,1-3H3. The zero-order valence-corrected chi connectivity index (χ0v) is 22.0. The first-order chi connectivity index (χ1) is 18.7. The van der Waals surface area contributed by atoms with Crippen molar-refractivity contribution in [1.82, 2.24) is 9.47 Å². The number of urea groups is 1. The van der Waals surface area contributed by atoms with Crippen molar-refractivity contribution in [1.29, 1.82) is 0 Å². The third-order valence-electron chi connectivity index (χ3n) is 6.55. The van der Waals surface area contributed by atoms with Crippen molar-refractivity contribution in [3.05, 3.63) is 99.0 Å². The second-order valence-electron chi connectivity index (χ2n) is 9.63. The molecule has 10 heteroatoms. The van der Waals surface area contributed by atoms with E-state index in [4.69, 9.17) is 4.74 Å². The number of esters is 1. The zero-order valence-electron chi connectivity index (χ0n) is 22.0. The summed E-state index contributed by atoms with van der Waals surface area (Å²) in [5, 5.41) is 11.5. The largest absolute Gasteiger partial charge is 0.462 e. The van der Waals surface area contributed by atoms with E-state index in [0.717, 1.165) is 5.56 Å². The Balaban J connectivity index is 1.64. The van der Waals surface area contributed by atoms with Crippen molar-refractivity contribution in [2.75, 3.05) is 6.54 Å². The second-order valence-corrected chi connectivity index (χ2v) is 9.63. The fourth-order valence-corrected chi connectivity index (χ4v) is 4.81. The number of hydrogen-bond donors (Lipinski definition) is 0. The molecular weight excluding hydrogens is 500 g/mol. The van der Waals surface area contributed by atoms with Gasteiger partial charge in [-0.25, -0.2) is 9.79 Å². The lowest BCUT2D eigenvalue weighted by atomic mass is 9.86. The van der Waals surface area contributed by atoms with Gasteiger partial charge in [-0.3, -0.25) is 19.7 Å². The summed E-state index contributed by atoms with van der Waals surface area (Å²) >= 11 is 0. The number of carbonyl (C=O) groups excluding carboxylic acids is 2. The lowest BCUT2D eigenvalue weighted by Crippen LogP contribution is -2.48. The highest BCUT2D eigenvalue weighted by molar-refractivity contribution is 6.08. The van der Waals surface area contributed by atoms with Gasteiger partial charge in [-0.1, -0.05) is 42.5 Å². The average molecular weight is 531 g/mol. The molecule has 2 amide bonds. The zero-order chi connectivity index (χ0) is 28.1. The van der Waals surface area contributed by atoms with E-state index in [1.807, 2.05) is 30.3 Å². The Bertz CT molecular complexity index is 1460. The number of benzene rings is 2. The molecule has 1 aliphatic rings. The molecule has 39 heavy (non-hydrogen) atoms. The number of aromatic nitrogens is 1. The van der Waals surface area contributed by atoms with Gasteiger partial charge in [0.2, 0.25) is 0 Å². The van der Waals surface area contributed by atoms with E-state index in [1.54, 1.807) is 49.7 Å². The topological polar surface area (TPSA) is 124 Å². The van der Waals surface area contributed by atoms with E-state index in [-0.39, 0.29) is 23.5 Å². The molecule has 0 bridgehead atoms. The molecule has 0 fully saturated rings. The van der Waals surface area contributed by atoms with Gasteiger partial charge in [0, 0.05) is 42.7 Å². The molecule has 0 saturated carbocycles. The Labute approximate surface area is 225 Å². The smallest absolute Gasteiger partial charge is 0.344 e. The molecule has 2 heterocycles. The molecular formula is C29H30N4O6. The molecule has 10 nitrogen and oxygen atoms in total. The third-order valence-corrected chi connectivity index (χ3v) is 6.55. The normalized spacial score (nSPS) is 17.2.